The number of aryl methyl sites for hydroxylation is 2. The summed E-state index contributed by atoms with van der Waals surface area (Å²) in [6.45, 7) is 8.59. The highest BCUT2D eigenvalue weighted by Crippen LogP contribution is 2.21. The molecule has 0 fully saturated rings. The third kappa shape index (κ3) is 4.21. The first kappa shape index (κ1) is 19.9. The molecule has 0 radical (unpaired) electrons. The average molecular weight is 377 g/mol. The van der Waals surface area contributed by atoms with E-state index in [2.05, 4.69) is 51.2 Å². The monoisotopic (exact) mass is 377 g/mol. The van der Waals surface area contributed by atoms with Crippen molar-refractivity contribution in [2.24, 2.45) is 0 Å². The van der Waals surface area contributed by atoms with Crippen molar-refractivity contribution in [2.45, 2.75) is 27.7 Å². The summed E-state index contributed by atoms with van der Waals surface area (Å²) < 4.78 is 0. The van der Waals surface area contributed by atoms with Crippen molar-refractivity contribution in [1.82, 2.24) is 5.32 Å². The number of hydrogen-bond donors (Lipinski definition) is 1. The van der Waals surface area contributed by atoms with Gasteiger partial charge in [0.15, 0.2) is 0 Å². The summed E-state index contributed by atoms with van der Waals surface area (Å²) >= 11 is 0. The van der Waals surface area contributed by atoms with E-state index in [-0.39, 0.29) is 5.57 Å². The van der Waals surface area contributed by atoms with Crippen LogP contribution in [0.5, 0.6) is 0 Å². The number of nitrogens with one attached hydrogen (secondary N) is 1. The van der Waals surface area contributed by atoms with Gasteiger partial charge in [-0.25, -0.2) is 0 Å². The minimum Gasteiger partial charge on any atom is -0.367 e. The Morgan fingerprint density at radius 3 is 1.83 bits per heavy atom. The number of hydrogen-bond acceptors (Lipinski definition) is 3. The Hall–Kier alpha value is -3.82. The van der Waals surface area contributed by atoms with Gasteiger partial charge >= 0.3 is 0 Å². The lowest BCUT2D eigenvalue weighted by Crippen LogP contribution is -2.22. The Bertz CT molecular complexity index is 1280. The highest BCUT2D eigenvalue weighted by atomic mass is 14.8. The summed E-state index contributed by atoms with van der Waals surface area (Å²) in [5.74, 6) is 0. The van der Waals surface area contributed by atoms with Crippen LogP contribution in [0.2, 0.25) is 0 Å². The van der Waals surface area contributed by atoms with Crippen molar-refractivity contribution in [1.29, 1.82) is 10.5 Å². The van der Waals surface area contributed by atoms with Gasteiger partial charge in [0, 0.05) is 17.6 Å². The van der Waals surface area contributed by atoms with Gasteiger partial charge in [0.2, 0.25) is 0 Å². The molecule has 0 spiro atoms. The fourth-order valence-electron chi connectivity index (χ4n) is 3.74. The van der Waals surface area contributed by atoms with Gasteiger partial charge in [0.25, 0.3) is 0 Å². The van der Waals surface area contributed by atoms with Gasteiger partial charge in [-0.15, -0.1) is 0 Å². The van der Waals surface area contributed by atoms with E-state index in [4.69, 9.17) is 10.5 Å². The van der Waals surface area contributed by atoms with Crippen LogP contribution in [0, 0.1) is 36.5 Å². The SMILES string of the molecule is CC1=CNC=C(C)C1=c1c(C)cc(=CC=c2ccc(=C(C#N)C#N)cc2)cc1C. The van der Waals surface area contributed by atoms with Crippen LogP contribution >= 0.6 is 0 Å². The zero-order chi connectivity index (χ0) is 21.0. The van der Waals surface area contributed by atoms with Crippen LogP contribution in [-0.2, 0) is 0 Å². The number of nitrogens with zero attached hydrogens (tertiary/aromatic N) is 2. The number of rotatable bonds is 1. The van der Waals surface area contributed by atoms with Crippen LogP contribution in [-0.4, -0.2) is 0 Å². The summed E-state index contributed by atoms with van der Waals surface area (Å²) in [4.78, 5) is 0. The topological polar surface area (TPSA) is 59.6 Å². The van der Waals surface area contributed by atoms with E-state index >= 15 is 0 Å². The molecule has 0 aromatic heterocycles. The second-order valence-corrected chi connectivity index (χ2v) is 7.28. The lowest BCUT2D eigenvalue weighted by Gasteiger charge is -2.17. The molecule has 0 saturated carbocycles. The van der Waals surface area contributed by atoms with Gasteiger partial charge in [-0.05, 0) is 71.2 Å². The molecule has 3 rings (SSSR count). The van der Waals surface area contributed by atoms with Crippen LogP contribution in [0.4, 0.5) is 0 Å². The molecule has 0 bridgehead atoms. The average Bonchev–Trinajstić information content (AvgIpc) is 2.70. The van der Waals surface area contributed by atoms with Gasteiger partial charge in [0.05, 0.1) is 0 Å². The predicted octanol–water partition coefficient (Wildman–Crippen LogP) is 2.32. The van der Waals surface area contributed by atoms with Gasteiger partial charge < -0.3 is 5.32 Å². The third-order valence-corrected chi connectivity index (χ3v) is 5.08. The standard InChI is InChI=1S/C26H23N3/c1-17-11-22(6-5-21-7-9-23(10-8-21)24(13-27)14-28)12-18(2)25(17)26-19(3)15-29-16-20(26)4/h5-12,15-16,29H,1-4H3. The van der Waals surface area contributed by atoms with Crippen LogP contribution in [0.25, 0.3) is 23.3 Å². The number of dihydropyridines is 1. The predicted molar refractivity (Wildman–Crippen MR) is 118 cm³/mol. The number of allylic oxidation sites excluding steroid dienone is 2. The molecule has 0 amide bonds. The Morgan fingerprint density at radius 1 is 0.793 bits per heavy atom. The zero-order valence-electron chi connectivity index (χ0n) is 17.2. The second kappa shape index (κ2) is 8.46. The van der Waals surface area contributed by atoms with Crippen LogP contribution < -0.4 is 26.2 Å². The molecule has 0 saturated heterocycles. The molecular weight excluding hydrogens is 354 g/mol. The Balaban J connectivity index is 2.11. The first-order chi connectivity index (χ1) is 13.9. The lowest BCUT2D eigenvalue weighted by atomic mass is 9.92. The van der Waals surface area contributed by atoms with Gasteiger partial charge in [-0.1, -0.05) is 48.6 Å². The van der Waals surface area contributed by atoms with Crippen LogP contribution in [0.3, 0.4) is 0 Å². The summed E-state index contributed by atoms with van der Waals surface area (Å²) in [5.41, 5.74) is 6.41. The fourth-order valence-corrected chi connectivity index (χ4v) is 3.74. The van der Waals surface area contributed by atoms with Crippen molar-refractivity contribution >= 4 is 23.3 Å². The summed E-state index contributed by atoms with van der Waals surface area (Å²) in [6, 6.07) is 15.7. The van der Waals surface area contributed by atoms with Crippen LogP contribution in [0.1, 0.15) is 25.0 Å². The Labute approximate surface area is 171 Å². The minimum atomic E-state index is 0.131. The van der Waals surface area contributed by atoms with Gasteiger partial charge in [-0.2, -0.15) is 10.5 Å². The minimum absolute atomic E-state index is 0.131. The van der Waals surface area contributed by atoms with Crippen LogP contribution in [0.15, 0.2) is 59.9 Å². The van der Waals surface area contributed by atoms with Gasteiger partial charge in [-0.3, -0.25) is 0 Å². The molecule has 0 unspecified atom stereocenters. The quantitative estimate of drug-likeness (QED) is 0.830. The first-order valence-electron chi connectivity index (χ1n) is 9.49. The molecule has 1 N–H and O–H groups in total. The van der Waals surface area contributed by atoms with E-state index in [0.29, 0.717) is 5.22 Å². The van der Waals surface area contributed by atoms with E-state index in [1.807, 2.05) is 42.7 Å². The molecule has 0 atom stereocenters. The Kier molecular flexibility index (Phi) is 5.82. The highest BCUT2D eigenvalue weighted by molar-refractivity contribution is 5.79. The highest BCUT2D eigenvalue weighted by Gasteiger charge is 2.10. The molecule has 142 valence electrons. The van der Waals surface area contributed by atoms with Crippen molar-refractivity contribution in [3.63, 3.8) is 0 Å². The molecule has 1 heterocycles. The maximum absolute atomic E-state index is 8.97. The lowest BCUT2D eigenvalue weighted by molar-refractivity contribution is 1.11. The molecule has 29 heavy (non-hydrogen) atoms. The van der Waals surface area contributed by atoms with Crippen molar-refractivity contribution in [3.05, 3.63) is 91.9 Å². The van der Waals surface area contributed by atoms with Crippen molar-refractivity contribution < 1.29 is 0 Å². The van der Waals surface area contributed by atoms with E-state index in [1.165, 1.54) is 33.1 Å². The third-order valence-electron chi connectivity index (χ3n) is 5.08. The molecule has 1 aliphatic rings. The molecule has 3 nitrogen and oxygen atoms in total. The smallest absolute Gasteiger partial charge is 0.136 e. The largest absolute Gasteiger partial charge is 0.367 e. The Morgan fingerprint density at radius 2 is 1.31 bits per heavy atom. The second-order valence-electron chi connectivity index (χ2n) is 7.28. The number of benzene rings is 2. The number of nitriles is 2. The van der Waals surface area contributed by atoms with Crippen molar-refractivity contribution in [3.8, 4) is 12.1 Å². The van der Waals surface area contributed by atoms with E-state index in [1.54, 1.807) is 12.1 Å². The normalized spacial score (nSPS) is 12.7. The zero-order valence-corrected chi connectivity index (χ0v) is 17.2. The maximum atomic E-state index is 8.97. The summed E-state index contributed by atoms with van der Waals surface area (Å²) in [6.07, 6.45) is 8.22. The molecule has 0 aliphatic carbocycles. The molecule has 2 aromatic carbocycles. The maximum Gasteiger partial charge on any atom is 0.136 e. The molecule has 1 aliphatic heterocycles. The summed E-state index contributed by atoms with van der Waals surface area (Å²) in [7, 11) is 0. The van der Waals surface area contributed by atoms with E-state index in [9.17, 15) is 0 Å². The van der Waals surface area contributed by atoms with Gasteiger partial charge in [0.1, 0.15) is 17.7 Å². The molecular formula is C26H23N3. The summed E-state index contributed by atoms with van der Waals surface area (Å²) in [5, 5.41) is 25.2. The molecule has 2 aromatic rings. The van der Waals surface area contributed by atoms with E-state index in [0.717, 1.165) is 10.4 Å². The fraction of sp³-hybridized carbons (Fsp3) is 0.154. The first-order valence-corrected chi connectivity index (χ1v) is 9.49. The van der Waals surface area contributed by atoms with E-state index < -0.39 is 0 Å². The molecule has 3 heteroatoms. The van der Waals surface area contributed by atoms with Crippen molar-refractivity contribution in [2.75, 3.05) is 0 Å².